The van der Waals surface area contributed by atoms with E-state index in [1.165, 1.54) is 7.11 Å². The largest absolute Gasteiger partial charge is 0.494 e. The second-order valence-corrected chi connectivity index (χ2v) is 8.90. The summed E-state index contributed by atoms with van der Waals surface area (Å²) in [4.78, 5) is 25.6. The molecule has 0 saturated carbocycles. The van der Waals surface area contributed by atoms with E-state index in [0.29, 0.717) is 34.3 Å². The molecule has 0 aliphatic heterocycles. The summed E-state index contributed by atoms with van der Waals surface area (Å²) < 4.78 is 10.6. The number of hydrogen-bond acceptors (Lipinski definition) is 9. The number of nitrogen functional groups attached to an aromatic ring is 1. The first-order valence-corrected chi connectivity index (χ1v) is 12.0. The number of benzene rings is 2. The molecule has 0 fully saturated rings. The number of ether oxygens (including phenoxy) is 2. The van der Waals surface area contributed by atoms with E-state index in [0.717, 1.165) is 35.5 Å². The Morgan fingerprint density at radius 2 is 1.84 bits per heavy atom. The Hall–Kier alpha value is -4.11. The van der Waals surface area contributed by atoms with Gasteiger partial charge in [0.05, 0.1) is 42.5 Å². The minimum atomic E-state index is -0.375. The number of nitrogens with zero attached hydrogens (tertiary/aromatic N) is 4. The van der Waals surface area contributed by atoms with Crippen LogP contribution >= 0.6 is 0 Å². The molecule has 0 aliphatic carbocycles. The van der Waals surface area contributed by atoms with E-state index in [9.17, 15) is 4.79 Å². The Balaban J connectivity index is 1.93. The summed E-state index contributed by atoms with van der Waals surface area (Å²) in [5.74, 6) is 0.646. The van der Waals surface area contributed by atoms with Gasteiger partial charge in [-0.3, -0.25) is 0 Å². The zero-order valence-corrected chi connectivity index (χ0v) is 22.6. The van der Waals surface area contributed by atoms with Crippen LogP contribution in [0.3, 0.4) is 0 Å². The van der Waals surface area contributed by atoms with Crippen molar-refractivity contribution in [1.82, 2.24) is 14.9 Å². The van der Waals surface area contributed by atoms with Crippen molar-refractivity contribution in [3.63, 3.8) is 0 Å². The summed E-state index contributed by atoms with van der Waals surface area (Å²) in [7, 11) is 9.07. The molecule has 2 aromatic carbocycles. The van der Waals surface area contributed by atoms with Gasteiger partial charge in [0.2, 0.25) is 5.95 Å². The fourth-order valence-corrected chi connectivity index (χ4v) is 4.04. The van der Waals surface area contributed by atoms with E-state index < -0.39 is 0 Å². The molecule has 9 heteroatoms. The number of hydrogen-bond donors (Lipinski definition) is 2. The third-order valence-electron chi connectivity index (χ3n) is 6.14. The molecular formula is C28H36N6O3. The molecule has 0 radical (unpaired) electrons. The lowest BCUT2D eigenvalue weighted by Crippen LogP contribution is -2.29. The monoisotopic (exact) mass is 504 g/mol. The lowest BCUT2D eigenvalue weighted by Gasteiger charge is -2.24. The third kappa shape index (κ3) is 6.37. The van der Waals surface area contributed by atoms with Gasteiger partial charge >= 0.3 is 5.97 Å². The standard InChI is InChI=1S/C28H36N6O3/c1-8-19(20-10-9-11-21(18(20)2)27(35)37-7)23-12-13-30-28(31-23)32-24-16-22(29)25(17-26(24)36-6)34(5)15-14-33(3)4/h8-13,16-17H,14-15,29H2,1-7H3,(H,30,31,32)/b19-8+. The highest BCUT2D eigenvalue weighted by Crippen LogP contribution is 2.36. The number of esters is 1. The quantitative estimate of drug-likeness (QED) is 0.308. The number of carbonyl (C=O) groups excluding carboxylic acids is 1. The van der Waals surface area contributed by atoms with Gasteiger partial charge in [-0.15, -0.1) is 0 Å². The molecule has 3 rings (SSSR count). The van der Waals surface area contributed by atoms with E-state index in [1.807, 2.05) is 71.4 Å². The molecule has 37 heavy (non-hydrogen) atoms. The van der Waals surface area contributed by atoms with Gasteiger partial charge in [-0.2, -0.15) is 0 Å². The minimum Gasteiger partial charge on any atom is -0.494 e. The maximum absolute atomic E-state index is 12.2. The minimum absolute atomic E-state index is 0.375. The van der Waals surface area contributed by atoms with Crippen molar-refractivity contribution in [3.8, 4) is 5.75 Å². The van der Waals surface area contributed by atoms with Crippen molar-refractivity contribution in [2.45, 2.75) is 13.8 Å². The Morgan fingerprint density at radius 1 is 1.11 bits per heavy atom. The van der Waals surface area contributed by atoms with Crippen molar-refractivity contribution in [2.24, 2.45) is 0 Å². The van der Waals surface area contributed by atoms with Crippen LogP contribution in [0.2, 0.25) is 0 Å². The van der Waals surface area contributed by atoms with Crippen LogP contribution in [0.25, 0.3) is 5.57 Å². The summed E-state index contributed by atoms with van der Waals surface area (Å²) in [5.41, 5.74) is 12.4. The van der Waals surface area contributed by atoms with Crippen molar-refractivity contribution >= 4 is 34.6 Å². The Bertz CT molecular complexity index is 1290. The number of nitrogens with one attached hydrogen (secondary N) is 1. The fraction of sp³-hybridized carbons (Fsp3) is 0.321. The zero-order chi connectivity index (χ0) is 27.1. The van der Waals surface area contributed by atoms with Gasteiger partial charge in [0, 0.05) is 38.0 Å². The first kappa shape index (κ1) is 27.5. The molecule has 3 aromatic rings. The summed E-state index contributed by atoms with van der Waals surface area (Å²) in [6.07, 6.45) is 3.65. The second kappa shape index (κ2) is 12.2. The lowest BCUT2D eigenvalue weighted by atomic mass is 9.94. The number of aromatic nitrogens is 2. The number of carbonyl (C=O) groups is 1. The average molecular weight is 505 g/mol. The fourth-order valence-electron chi connectivity index (χ4n) is 4.04. The molecule has 196 valence electrons. The number of methoxy groups -OCH3 is 2. The van der Waals surface area contributed by atoms with E-state index in [-0.39, 0.29) is 5.97 Å². The number of rotatable bonds is 10. The smallest absolute Gasteiger partial charge is 0.338 e. The van der Waals surface area contributed by atoms with Crippen molar-refractivity contribution < 1.29 is 14.3 Å². The van der Waals surface area contributed by atoms with Crippen molar-refractivity contribution in [1.29, 1.82) is 0 Å². The van der Waals surface area contributed by atoms with Crippen LogP contribution in [0, 0.1) is 6.92 Å². The van der Waals surface area contributed by atoms with Gasteiger partial charge in [-0.05, 0) is 57.3 Å². The first-order valence-electron chi connectivity index (χ1n) is 12.0. The first-order chi connectivity index (χ1) is 17.7. The number of allylic oxidation sites excluding steroid dienone is 1. The molecule has 0 bridgehead atoms. The molecule has 1 heterocycles. The summed E-state index contributed by atoms with van der Waals surface area (Å²) in [6, 6.07) is 11.1. The van der Waals surface area contributed by atoms with Crippen LogP contribution in [0.1, 0.15) is 34.1 Å². The zero-order valence-electron chi connectivity index (χ0n) is 22.6. The predicted molar refractivity (Wildman–Crippen MR) is 150 cm³/mol. The van der Waals surface area contributed by atoms with Gasteiger partial charge in [0.1, 0.15) is 5.75 Å². The lowest BCUT2D eigenvalue weighted by molar-refractivity contribution is 0.0600. The van der Waals surface area contributed by atoms with Crippen LogP contribution in [0.5, 0.6) is 5.75 Å². The molecule has 0 spiro atoms. The van der Waals surface area contributed by atoms with Gasteiger partial charge in [-0.1, -0.05) is 18.2 Å². The summed E-state index contributed by atoms with van der Waals surface area (Å²) in [5, 5.41) is 3.25. The molecule has 0 amide bonds. The predicted octanol–water partition coefficient (Wildman–Crippen LogP) is 4.36. The van der Waals surface area contributed by atoms with Gasteiger partial charge in [0.15, 0.2) is 0 Å². The highest BCUT2D eigenvalue weighted by Gasteiger charge is 2.17. The molecular weight excluding hydrogens is 468 g/mol. The van der Waals surface area contributed by atoms with Crippen molar-refractivity contribution in [2.75, 3.05) is 64.4 Å². The molecule has 0 saturated heterocycles. The van der Waals surface area contributed by atoms with E-state index in [2.05, 4.69) is 20.1 Å². The number of anilines is 4. The molecule has 3 N–H and O–H groups in total. The highest BCUT2D eigenvalue weighted by atomic mass is 16.5. The molecule has 0 aliphatic rings. The van der Waals surface area contributed by atoms with Crippen LogP contribution in [0.15, 0.2) is 48.7 Å². The summed E-state index contributed by atoms with van der Waals surface area (Å²) in [6.45, 7) is 5.55. The average Bonchev–Trinajstić information content (AvgIpc) is 2.88. The number of nitrogens with two attached hydrogens (primary N) is 1. The SMILES string of the molecule is C/C=C(/c1ccnc(Nc2cc(N)c(N(C)CCN(C)C)cc2OC)n1)c1cccc(C(=O)OC)c1C. The summed E-state index contributed by atoms with van der Waals surface area (Å²) >= 11 is 0. The maximum atomic E-state index is 12.2. The van der Waals surface area contributed by atoms with E-state index in [4.69, 9.17) is 20.2 Å². The molecule has 1 aromatic heterocycles. The van der Waals surface area contributed by atoms with Crippen molar-refractivity contribution in [3.05, 3.63) is 71.1 Å². The Kier molecular flexibility index (Phi) is 9.08. The van der Waals surface area contributed by atoms with Gasteiger partial charge in [-0.25, -0.2) is 14.8 Å². The Morgan fingerprint density at radius 3 is 2.49 bits per heavy atom. The van der Waals surface area contributed by atoms with Crippen LogP contribution in [-0.4, -0.2) is 69.3 Å². The topological polar surface area (TPSA) is 106 Å². The highest BCUT2D eigenvalue weighted by molar-refractivity contribution is 5.94. The number of likely N-dealkylation sites (N-methyl/N-ethyl adjacent to an activating group) is 2. The van der Waals surface area contributed by atoms with Gasteiger partial charge in [0.25, 0.3) is 0 Å². The molecule has 9 nitrogen and oxygen atoms in total. The molecule has 0 unspecified atom stereocenters. The third-order valence-corrected chi connectivity index (χ3v) is 6.14. The molecule has 0 atom stereocenters. The van der Waals surface area contributed by atoms with Gasteiger partial charge < -0.3 is 30.3 Å². The second-order valence-electron chi connectivity index (χ2n) is 8.90. The van der Waals surface area contributed by atoms with E-state index >= 15 is 0 Å². The van der Waals surface area contributed by atoms with E-state index in [1.54, 1.807) is 19.4 Å². The van der Waals surface area contributed by atoms with Crippen LogP contribution < -0.4 is 20.7 Å². The van der Waals surface area contributed by atoms with Crippen LogP contribution in [0.4, 0.5) is 23.0 Å². The Labute approximate surface area is 218 Å². The maximum Gasteiger partial charge on any atom is 0.338 e. The normalized spacial score (nSPS) is 11.4. The van der Waals surface area contributed by atoms with Crippen LogP contribution in [-0.2, 0) is 4.74 Å².